The minimum absolute atomic E-state index is 0. The average molecular weight is 331 g/mol. The van der Waals surface area contributed by atoms with Crippen molar-refractivity contribution in [1.29, 1.82) is 0 Å². The molecule has 0 aliphatic heterocycles. The van der Waals surface area contributed by atoms with Crippen LogP contribution in [0, 0.1) is 6.07 Å². The van der Waals surface area contributed by atoms with E-state index in [4.69, 9.17) is 0 Å². The van der Waals surface area contributed by atoms with E-state index in [2.05, 4.69) is 48.0 Å². The zero-order valence-corrected chi connectivity index (χ0v) is 15.2. The Morgan fingerprint density at radius 2 is 1.50 bits per heavy atom. The molecule has 0 nitrogen and oxygen atoms in total. The summed E-state index contributed by atoms with van der Waals surface area (Å²) >= 11 is 3.72. The molecule has 1 aromatic carbocycles. The van der Waals surface area contributed by atoms with Crippen LogP contribution in [0.2, 0.25) is 0 Å². The zero-order valence-electron chi connectivity index (χ0n) is 13.6. The monoisotopic (exact) mass is 330 g/mol. The van der Waals surface area contributed by atoms with Crippen LogP contribution in [0.25, 0.3) is 0 Å². The van der Waals surface area contributed by atoms with Gasteiger partial charge in [-0.3, -0.25) is 0 Å². The largest absolute Gasteiger partial charge is 1.00 e. The van der Waals surface area contributed by atoms with Crippen LogP contribution in [-0.4, -0.2) is 0 Å². The molecule has 0 saturated heterocycles. The Hall–Kier alpha value is 0.297. The number of halogens is 1. The standard InChI is InChI=1S/C18H28Br.Li/c1-3-5-7-9-11-16-13-14-17(18(19)15-16)12-10-8-6-4-2;/h14-15H,3-12H2,1-2H3;/q-1;+1. The molecule has 0 radical (unpaired) electrons. The Kier molecular flexibility index (Phi) is 13.2. The fourth-order valence-corrected chi connectivity index (χ4v) is 2.95. The summed E-state index contributed by atoms with van der Waals surface area (Å²) in [6.07, 6.45) is 13.0. The first-order chi connectivity index (χ1) is 9.27. The van der Waals surface area contributed by atoms with Gasteiger partial charge in [-0.25, -0.2) is 0 Å². The van der Waals surface area contributed by atoms with Gasteiger partial charge in [-0.1, -0.05) is 98.5 Å². The van der Waals surface area contributed by atoms with E-state index >= 15 is 0 Å². The van der Waals surface area contributed by atoms with E-state index < -0.39 is 0 Å². The van der Waals surface area contributed by atoms with E-state index in [-0.39, 0.29) is 18.9 Å². The second-order valence-electron chi connectivity index (χ2n) is 5.45. The summed E-state index contributed by atoms with van der Waals surface area (Å²) in [6, 6.07) is 7.94. The van der Waals surface area contributed by atoms with Gasteiger partial charge in [0.2, 0.25) is 0 Å². The predicted molar refractivity (Wildman–Crippen MR) is 88.7 cm³/mol. The molecule has 0 bridgehead atoms. The van der Waals surface area contributed by atoms with Crippen molar-refractivity contribution in [1.82, 2.24) is 0 Å². The average Bonchev–Trinajstić information content (AvgIpc) is 2.42. The molecule has 2 heteroatoms. The molecule has 0 aromatic heterocycles. The Morgan fingerprint density at radius 1 is 0.900 bits per heavy atom. The molecule has 0 unspecified atom stereocenters. The molecule has 1 rings (SSSR count). The fraction of sp³-hybridized carbons (Fsp3) is 0.667. The Labute approximate surface area is 146 Å². The first-order valence-corrected chi connectivity index (χ1v) is 8.76. The van der Waals surface area contributed by atoms with Gasteiger partial charge in [0.15, 0.2) is 0 Å². The van der Waals surface area contributed by atoms with E-state index in [0.717, 1.165) is 0 Å². The van der Waals surface area contributed by atoms with E-state index in [0.29, 0.717) is 0 Å². The summed E-state index contributed by atoms with van der Waals surface area (Å²) in [5.74, 6) is 0. The van der Waals surface area contributed by atoms with Crippen molar-refractivity contribution >= 4 is 15.9 Å². The van der Waals surface area contributed by atoms with Crippen molar-refractivity contribution in [2.75, 3.05) is 0 Å². The second-order valence-corrected chi connectivity index (χ2v) is 6.31. The maximum Gasteiger partial charge on any atom is 1.00 e. The maximum absolute atomic E-state index is 3.72. The van der Waals surface area contributed by atoms with Gasteiger partial charge in [-0.05, 0) is 0 Å². The van der Waals surface area contributed by atoms with Crippen LogP contribution < -0.4 is 18.9 Å². The SMILES string of the molecule is CCCCCCc1[c-]cc(CCCCCC)c(Br)c1.[Li+]. The zero-order chi connectivity index (χ0) is 13.9. The molecule has 0 fully saturated rings. The molecule has 1 aromatic rings. The van der Waals surface area contributed by atoms with E-state index in [9.17, 15) is 0 Å². The molecule has 20 heavy (non-hydrogen) atoms. The molecule has 0 N–H and O–H groups in total. The van der Waals surface area contributed by atoms with Crippen LogP contribution in [0.15, 0.2) is 16.6 Å². The maximum atomic E-state index is 3.72. The third kappa shape index (κ3) is 8.55. The van der Waals surface area contributed by atoms with E-state index in [1.54, 1.807) is 0 Å². The van der Waals surface area contributed by atoms with Crippen molar-refractivity contribution in [3.8, 4) is 0 Å². The molecule has 108 valence electrons. The number of benzene rings is 1. The Balaban J connectivity index is 0.00000361. The number of unbranched alkanes of at least 4 members (excludes halogenated alkanes) is 6. The van der Waals surface area contributed by atoms with Crippen LogP contribution in [0.3, 0.4) is 0 Å². The molecule has 0 spiro atoms. The van der Waals surface area contributed by atoms with Gasteiger partial charge in [0.25, 0.3) is 0 Å². The minimum atomic E-state index is 0. The van der Waals surface area contributed by atoms with Crippen molar-refractivity contribution in [2.45, 2.75) is 78.1 Å². The summed E-state index contributed by atoms with van der Waals surface area (Å²) in [5, 5.41) is 0. The number of hydrogen-bond acceptors (Lipinski definition) is 0. The summed E-state index contributed by atoms with van der Waals surface area (Å²) < 4.78 is 1.29. The number of aryl methyl sites for hydroxylation is 2. The summed E-state index contributed by atoms with van der Waals surface area (Å²) in [7, 11) is 0. The van der Waals surface area contributed by atoms with Crippen molar-refractivity contribution in [3.05, 3.63) is 33.8 Å². The van der Waals surface area contributed by atoms with E-state index in [1.807, 2.05) is 0 Å². The van der Waals surface area contributed by atoms with Gasteiger partial charge in [-0.2, -0.15) is 23.8 Å². The molecule has 0 aliphatic carbocycles. The quantitative estimate of drug-likeness (QED) is 0.350. The molecule has 0 amide bonds. The third-order valence-electron chi connectivity index (χ3n) is 3.64. The van der Waals surface area contributed by atoms with Gasteiger partial charge in [-0.15, -0.1) is 5.56 Å². The molecule has 0 atom stereocenters. The molecule has 0 aliphatic rings. The van der Waals surface area contributed by atoms with Crippen LogP contribution in [0.1, 0.15) is 76.3 Å². The minimum Gasteiger partial charge on any atom is -0.180 e. The summed E-state index contributed by atoms with van der Waals surface area (Å²) in [5.41, 5.74) is 2.79. The first kappa shape index (κ1) is 20.3. The molecular weight excluding hydrogens is 303 g/mol. The van der Waals surface area contributed by atoms with E-state index in [1.165, 1.54) is 79.8 Å². The summed E-state index contributed by atoms with van der Waals surface area (Å²) in [4.78, 5) is 0. The fourth-order valence-electron chi connectivity index (χ4n) is 2.36. The van der Waals surface area contributed by atoms with Crippen molar-refractivity contribution < 1.29 is 18.9 Å². The van der Waals surface area contributed by atoms with Crippen molar-refractivity contribution in [3.63, 3.8) is 0 Å². The topological polar surface area (TPSA) is 0 Å². The Morgan fingerprint density at radius 3 is 2.05 bits per heavy atom. The van der Waals surface area contributed by atoms with Gasteiger partial charge >= 0.3 is 18.9 Å². The smallest absolute Gasteiger partial charge is 0.180 e. The van der Waals surface area contributed by atoms with Crippen LogP contribution >= 0.6 is 15.9 Å². The third-order valence-corrected chi connectivity index (χ3v) is 4.38. The second kappa shape index (κ2) is 13.0. The van der Waals surface area contributed by atoms with Crippen molar-refractivity contribution in [2.24, 2.45) is 0 Å². The number of hydrogen-bond donors (Lipinski definition) is 0. The number of rotatable bonds is 10. The molecule has 0 heterocycles. The van der Waals surface area contributed by atoms with Gasteiger partial charge < -0.3 is 0 Å². The van der Waals surface area contributed by atoms with Gasteiger partial charge in [0, 0.05) is 0 Å². The van der Waals surface area contributed by atoms with Crippen LogP contribution in [0.4, 0.5) is 0 Å². The predicted octanol–water partition coefficient (Wildman–Crippen LogP) is 3.50. The molecule has 0 saturated carbocycles. The van der Waals surface area contributed by atoms with Crippen LogP contribution in [-0.2, 0) is 12.8 Å². The van der Waals surface area contributed by atoms with Gasteiger partial charge in [0.1, 0.15) is 0 Å². The van der Waals surface area contributed by atoms with Crippen LogP contribution in [0.5, 0.6) is 0 Å². The molecular formula is C18H28BrLi. The Bertz CT molecular complexity index is 349. The normalized spacial score (nSPS) is 10.3. The van der Waals surface area contributed by atoms with Gasteiger partial charge in [0.05, 0.1) is 0 Å². The first-order valence-electron chi connectivity index (χ1n) is 7.97. The summed E-state index contributed by atoms with van der Waals surface area (Å²) in [6.45, 7) is 4.52.